The van der Waals surface area contributed by atoms with Gasteiger partial charge in [0.2, 0.25) is 0 Å². The topological polar surface area (TPSA) is 62.3 Å². The molecule has 1 aromatic heterocycles. The van der Waals surface area contributed by atoms with Gasteiger partial charge in [-0.15, -0.1) is 11.3 Å². The second-order valence-corrected chi connectivity index (χ2v) is 8.94. The van der Waals surface area contributed by atoms with Crippen molar-refractivity contribution < 1.29 is 8.42 Å². The normalized spacial score (nSPS) is 24.3. The number of hydrogen-bond donors (Lipinski definition) is 1. The lowest BCUT2D eigenvalue weighted by molar-refractivity contribution is 0.220. The molecule has 2 heterocycles. The summed E-state index contributed by atoms with van der Waals surface area (Å²) in [6, 6.07) is 0. The van der Waals surface area contributed by atoms with Crippen LogP contribution in [0.2, 0.25) is 0 Å². The lowest BCUT2D eigenvalue weighted by atomic mass is 9.94. The third-order valence-electron chi connectivity index (χ3n) is 3.75. The summed E-state index contributed by atoms with van der Waals surface area (Å²) in [4.78, 5) is 5.56. The molecule has 7 heteroatoms. The van der Waals surface area contributed by atoms with E-state index in [2.05, 4.69) is 30.5 Å². The average molecular weight is 332 g/mol. The van der Waals surface area contributed by atoms with Crippen molar-refractivity contribution in [1.82, 2.24) is 14.0 Å². The zero-order valence-electron chi connectivity index (χ0n) is 13.0. The average Bonchev–Trinajstić information content (AvgIpc) is 2.85. The Bertz CT molecular complexity index is 546. The molecular formula is C14H25N3O2S2. The highest BCUT2D eigenvalue weighted by Gasteiger charge is 2.29. The van der Waals surface area contributed by atoms with Crippen molar-refractivity contribution in [2.24, 2.45) is 11.8 Å². The quantitative estimate of drug-likeness (QED) is 0.868. The first-order valence-electron chi connectivity index (χ1n) is 7.59. The number of rotatable bonds is 6. The summed E-state index contributed by atoms with van der Waals surface area (Å²) in [7, 11) is -3.36. The Morgan fingerprint density at radius 3 is 2.62 bits per heavy atom. The molecule has 1 aliphatic rings. The van der Waals surface area contributed by atoms with Gasteiger partial charge in [0, 0.05) is 37.1 Å². The molecule has 5 nitrogen and oxygen atoms in total. The number of piperidine rings is 1. The molecule has 1 aromatic rings. The van der Waals surface area contributed by atoms with E-state index >= 15 is 0 Å². The van der Waals surface area contributed by atoms with E-state index in [9.17, 15) is 8.42 Å². The van der Waals surface area contributed by atoms with Gasteiger partial charge in [0.15, 0.2) is 0 Å². The first-order valence-corrected chi connectivity index (χ1v) is 9.84. The second kappa shape index (κ2) is 7.17. The molecule has 1 fully saturated rings. The Labute approximate surface area is 132 Å². The van der Waals surface area contributed by atoms with Gasteiger partial charge in [0.05, 0.1) is 5.01 Å². The van der Waals surface area contributed by atoms with Crippen molar-refractivity contribution in [2.75, 3.05) is 19.6 Å². The van der Waals surface area contributed by atoms with Crippen LogP contribution < -0.4 is 4.72 Å². The zero-order chi connectivity index (χ0) is 15.5. The molecule has 0 radical (unpaired) electrons. The molecule has 120 valence electrons. The summed E-state index contributed by atoms with van der Waals surface area (Å²) in [6.07, 6.45) is 4.61. The van der Waals surface area contributed by atoms with Crippen molar-refractivity contribution in [3.63, 3.8) is 0 Å². The number of nitrogens with zero attached hydrogens (tertiary/aromatic N) is 2. The van der Waals surface area contributed by atoms with Crippen LogP contribution in [-0.2, 0) is 23.1 Å². The highest BCUT2D eigenvalue weighted by molar-refractivity contribution is 7.87. The van der Waals surface area contributed by atoms with Crippen molar-refractivity contribution in [3.05, 3.63) is 16.1 Å². The minimum Gasteiger partial charge on any atom is -0.249 e. The molecule has 0 unspecified atom stereocenters. The maximum absolute atomic E-state index is 12.3. The third-order valence-corrected chi connectivity index (χ3v) is 6.50. The lowest BCUT2D eigenvalue weighted by Crippen LogP contribution is -2.48. The van der Waals surface area contributed by atoms with E-state index < -0.39 is 10.2 Å². The van der Waals surface area contributed by atoms with E-state index in [-0.39, 0.29) is 0 Å². The van der Waals surface area contributed by atoms with Gasteiger partial charge in [0.1, 0.15) is 0 Å². The predicted octanol–water partition coefficient (Wildman–Crippen LogP) is 2.06. The first kappa shape index (κ1) is 16.9. The molecule has 0 aromatic carbocycles. The Hall–Kier alpha value is -0.500. The summed E-state index contributed by atoms with van der Waals surface area (Å²) < 4.78 is 29.0. The molecule has 0 amide bonds. The summed E-state index contributed by atoms with van der Waals surface area (Å²) in [5.74, 6) is 0.854. The fourth-order valence-electron chi connectivity index (χ4n) is 2.81. The van der Waals surface area contributed by atoms with Crippen molar-refractivity contribution >= 4 is 21.5 Å². The van der Waals surface area contributed by atoms with Gasteiger partial charge in [-0.1, -0.05) is 20.8 Å². The summed E-state index contributed by atoms with van der Waals surface area (Å²) in [5, 5.41) is 0.995. The fraction of sp³-hybridized carbons (Fsp3) is 0.786. The van der Waals surface area contributed by atoms with Crippen molar-refractivity contribution in [2.45, 2.75) is 40.0 Å². The van der Waals surface area contributed by atoms with Gasteiger partial charge >= 0.3 is 0 Å². The number of thiazole rings is 1. The van der Waals surface area contributed by atoms with E-state index in [1.807, 2.05) is 6.20 Å². The highest BCUT2D eigenvalue weighted by Crippen LogP contribution is 2.22. The van der Waals surface area contributed by atoms with Gasteiger partial charge in [0.25, 0.3) is 10.2 Å². The Morgan fingerprint density at radius 2 is 2.05 bits per heavy atom. The van der Waals surface area contributed by atoms with Crippen LogP contribution in [0.15, 0.2) is 6.20 Å². The molecule has 1 saturated heterocycles. The first-order chi connectivity index (χ1) is 9.90. The Balaban J connectivity index is 1.86. The van der Waals surface area contributed by atoms with E-state index in [0.717, 1.165) is 17.8 Å². The smallest absolute Gasteiger partial charge is 0.249 e. The maximum atomic E-state index is 12.3. The monoisotopic (exact) mass is 331 g/mol. The molecule has 0 aliphatic carbocycles. The largest absolute Gasteiger partial charge is 0.279 e. The van der Waals surface area contributed by atoms with Crippen LogP contribution in [0.25, 0.3) is 0 Å². The molecule has 2 atom stereocenters. The van der Waals surface area contributed by atoms with Crippen LogP contribution >= 0.6 is 11.3 Å². The molecule has 1 aliphatic heterocycles. The van der Waals surface area contributed by atoms with Gasteiger partial charge in [-0.25, -0.2) is 9.71 Å². The van der Waals surface area contributed by atoms with E-state index in [1.165, 1.54) is 4.88 Å². The molecule has 21 heavy (non-hydrogen) atoms. The van der Waals surface area contributed by atoms with Crippen LogP contribution in [0.3, 0.4) is 0 Å². The van der Waals surface area contributed by atoms with E-state index in [1.54, 1.807) is 15.6 Å². The molecule has 0 bridgehead atoms. The van der Waals surface area contributed by atoms with Crippen LogP contribution in [0.5, 0.6) is 0 Å². The third kappa shape index (κ3) is 4.74. The minimum atomic E-state index is -3.36. The predicted molar refractivity (Wildman–Crippen MR) is 86.6 cm³/mol. The van der Waals surface area contributed by atoms with Crippen LogP contribution in [0, 0.1) is 11.8 Å². The molecule has 1 N–H and O–H groups in total. The number of nitrogens with one attached hydrogen (secondary N) is 1. The minimum absolute atomic E-state index is 0.415. The Morgan fingerprint density at radius 1 is 1.38 bits per heavy atom. The van der Waals surface area contributed by atoms with Gasteiger partial charge in [-0.2, -0.15) is 12.7 Å². The van der Waals surface area contributed by atoms with E-state index in [4.69, 9.17) is 0 Å². The Kier molecular flexibility index (Phi) is 5.76. The van der Waals surface area contributed by atoms with Gasteiger partial charge in [-0.05, 0) is 24.7 Å². The van der Waals surface area contributed by atoms with E-state index in [0.29, 0.717) is 37.9 Å². The maximum Gasteiger partial charge on any atom is 0.279 e. The van der Waals surface area contributed by atoms with Gasteiger partial charge in [-0.3, -0.25) is 0 Å². The van der Waals surface area contributed by atoms with Crippen LogP contribution in [0.1, 0.15) is 37.1 Å². The van der Waals surface area contributed by atoms with Crippen LogP contribution in [-0.4, -0.2) is 37.3 Å². The number of aromatic nitrogens is 1. The standard InChI is InChI=1S/C14H25N3O2S2/c1-4-13-8-15-14(20-13)5-6-16-21(18,19)17-9-11(2)7-12(3)10-17/h8,11-12,16H,4-7,9-10H2,1-3H3/t11-,12-/m1/s1. The van der Waals surface area contributed by atoms with Gasteiger partial charge < -0.3 is 0 Å². The highest BCUT2D eigenvalue weighted by atomic mass is 32.2. The summed E-state index contributed by atoms with van der Waals surface area (Å²) >= 11 is 1.66. The molecule has 0 spiro atoms. The number of hydrogen-bond acceptors (Lipinski definition) is 4. The molecular weight excluding hydrogens is 306 g/mol. The molecule has 2 rings (SSSR count). The number of aryl methyl sites for hydroxylation is 1. The summed E-state index contributed by atoms with van der Waals surface area (Å²) in [6.45, 7) is 7.98. The second-order valence-electron chi connectivity index (χ2n) is 5.99. The fourth-order valence-corrected chi connectivity index (χ4v) is 5.11. The lowest BCUT2D eigenvalue weighted by Gasteiger charge is -2.33. The van der Waals surface area contributed by atoms with Crippen molar-refractivity contribution in [1.29, 1.82) is 0 Å². The van der Waals surface area contributed by atoms with Crippen molar-refractivity contribution in [3.8, 4) is 0 Å². The molecule has 0 saturated carbocycles. The van der Waals surface area contributed by atoms with Crippen LogP contribution in [0.4, 0.5) is 0 Å². The zero-order valence-corrected chi connectivity index (χ0v) is 14.6. The summed E-state index contributed by atoms with van der Waals surface area (Å²) in [5.41, 5.74) is 0. The SMILES string of the molecule is CCc1cnc(CCNS(=O)(=O)N2C[C@H](C)C[C@@H](C)C2)s1.